The van der Waals surface area contributed by atoms with E-state index in [9.17, 15) is 0 Å². The lowest BCUT2D eigenvalue weighted by atomic mass is 9.98. The maximum atomic E-state index is 5.83. The Morgan fingerprint density at radius 2 is 2.50 bits per heavy atom. The van der Waals surface area contributed by atoms with Crippen LogP contribution in [0.2, 0.25) is 5.15 Å². The molecule has 0 aromatic carbocycles. The Kier molecular flexibility index (Phi) is 4.02. The minimum absolute atomic E-state index is 0.547. The molecule has 1 aromatic rings. The molecule has 1 fully saturated rings. The van der Waals surface area contributed by atoms with Crippen LogP contribution in [0.15, 0.2) is 18.3 Å². The highest BCUT2D eigenvalue weighted by atomic mass is 35.5. The van der Waals surface area contributed by atoms with Crippen molar-refractivity contribution in [3.63, 3.8) is 0 Å². The highest BCUT2D eigenvalue weighted by Gasteiger charge is 2.16. The second-order valence-corrected chi connectivity index (χ2v) is 4.91. The highest BCUT2D eigenvalue weighted by Crippen LogP contribution is 2.17. The van der Waals surface area contributed by atoms with Crippen LogP contribution in [0.3, 0.4) is 0 Å². The molecule has 0 aliphatic carbocycles. The average Bonchev–Trinajstić information content (AvgIpc) is 2.27. The molecule has 2 rings (SSSR count). The first kappa shape index (κ1) is 11.7. The SMILES string of the molecule is CN1CCCC(CNc2ccnc(Cl)c2)C1. The van der Waals surface area contributed by atoms with Crippen molar-refractivity contribution in [1.29, 1.82) is 0 Å². The summed E-state index contributed by atoms with van der Waals surface area (Å²) in [6, 6.07) is 3.83. The number of piperidine rings is 1. The minimum atomic E-state index is 0.547. The maximum Gasteiger partial charge on any atom is 0.131 e. The number of hydrogen-bond donors (Lipinski definition) is 1. The third-order valence-electron chi connectivity index (χ3n) is 3.04. The van der Waals surface area contributed by atoms with E-state index in [2.05, 4.69) is 22.2 Å². The van der Waals surface area contributed by atoms with Crippen LogP contribution in [0.1, 0.15) is 12.8 Å². The molecule has 1 aliphatic heterocycles. The molecule has 2 heterocycles. The predicted octanol–water partition coefficient (Wildman–Crippen LogP) is 2.49. The second kappa shape index (κ2) is 5.51. The molecule has 0 saturated carbocycles. The van der Waals surface area contributed by atoms with Crippen LogP contribution in [0, 0.1) is 5.92 Å². The third-order valence-corrected chi connectivity index (χ3v) is 3.25. The van der Waals surface area contributed by atoms with Gasteiger partial charge in [0.1, 0.15) is 5.15 Å². The molecule has 0 spiro atoms. The van der Waals surface area contributed by atoms with E-state index in [0.717, 1.165) is 18.2 Å². The van der Waals surface area contributed by atoms with Crippen LogP contribution >= 0.6 is 11.6 Å². The van der Waals surface area contributed by atoms with Gasteiger partial charge < -0.3 is 10.2 Å². The van der Waals surface area contributed by atoms with E-state index in [0.29, 0.717) is 5.15 Å². The molecule has 3 nitrogen and oxygen atoms in total. The van der Waals surface area contributed by atoms with Crippen molar-refractivity contribution in [3.05, 3.63) is 23.5 Å². The summed E-state index contributed by atoms with van der Waals surface area (Å²) in [6.45, 7) is 3.44. The van der Waals surface area contributed by atoms with Gasteiger partial charge >= 0.3 is 0 Å². The van der Waals surface area contributed by atoms with Gasteiger partial charge in [0.2, 0.25) is 0 Å². The van der Waals surface area contributed by atoms with E-state index < -0.39 is 0 Å². The highest BCUT2D eigenvalue weighted by molar-refractivity contribution is 6.29. The smallest absolute Gasteiger partial charge is 0.131 e. The summed E-state index contributed by atoms with van der Waals surface area (Å²) in [5, 5.41) is 3.97. The summed E-state index contributed by atoms with van der Waals surface area (Å²) < 4.78 is 0. The van der Waals surface area contributed by atoms with E-state index in [-0.39, 0.29) is 0 Å². The van der Waals surface area contributed by atoms with Crippen LogP contribution in [-0.4, -0.2) is 36.6 Å². The summed E-state index contributed by atoms with van der Waals surface area (Å²) in [5.74, 6) is 0.741. The van der Waals surface area contributed by atoms with E-state index in [1.54, 1.807) is 6.20 Å². The Morgan fingerprint density at radius 3 is 3.25 bits per heavy atom. The van der Waals surface area contributed by atoms with Gasteiger partial charge in [-0.3, -0.25) is 0 Å². The fourth-order valence-electron chi connectivity index (χ4n) is 2.21. The number of likely N-dealkylation sites (tertiary alicyclic amines) is 1. The van der Waals surface area contributed by atoms with Crippen LogP contribution in [-0.2, 0) is 0 Å². The number of aromatic nitrogens is 1. The zero-order valence-electron chi connectivity index (χ0n) is 9.62. The van der Waals surface area contributed by atoms with Gasteiger partial charge in [0.05, 0.1) is 0 Å². The van der Waals surface area contributed by atoms with Crippen molar-refractivity contribution in [3.8, 4) is 0 Å². The lowest BCUT2D eigenvalue weighted by Gasteiger charge is -2.29. The van der Waals surface area contributed by atoms with Crippen molar-refractivity contribution < 1.29 is 0 Å². The van der Waals surface area contributed by atoms with E-state index in [1.165, 1.54) is 25.9 Å². The zero-order valence-corrected chi connectivity index (χ0v) is 10.4. The van der Waals surface area contributed by atoms with Gasteiger partial charge in [-0.05, 0) is 44.5 Å². The van der Waals surface area contributed by atoms with Crippen molar-refractivity contribution in [2.45, 2.75) is 12.8 Å². The van der Waals surface area contributed by atoms with Crippen molar-refractivity contribution in [2.75, 3.05) is 32.0 Å². The first-order valence-electron chi connectivity index (χ1n) is 5.78. The average molecular weight is 240 g/mol. The summed E-state index contributed by atoms with van der Waals surface area (Å²) in [4.78, 5) is 6.36. The summed E-state index contributed by atoms with van der Waals surface area (Å²) in [5.41, 5.74) is 1.06. The van der Waals surface area contributed by atoms with Gasteiger partial charge in [-0.2, -0.15) is 0 Å². The van der Waals surface area contributed by atoms with Gasteiger partial charge in [0.15, 0.2) is 0 Å². The van der Waals surface area contributed by atoms with Gasteiger partial charge in [0.25, 0.3) is 0 Å². The van der Waals surface area contributed by atoms with Crippen molar-refractivity contribution >= 4 is 17.3 Å². The number of nitrogens with zero attached hydrogens (tertiary/aromatic N) is 2. The lowest BCUT2D eigenvalue weighted by Crippen LogP contribution is -2.35. The van der Waals surface area contributed by atoms with Crippen LogP contribution < -0.4 is 5.32 Å². The molecule has 1 saturated heterocycles. The molecule has 1 N–H and O–H groups in total. The Balaban J connectivity index is 1.82. The molecule has 4 heteroatoms. The van der Waals surface area contributed by atoms with E-state index >= 15 is 0 Å². The first-order chi connectivity index (χ1) is 7.74. The quantitative estimate of drug-likeness (QED) is 0.822. The van der Waals surface area contributed by atoms with E-state index in [4.69, 9.17) is 11.6 Å². The Hall–Kier alpha value is -0.800. The molecule has 0 amide bonds. The molecule has 1 aromatic heterocycles. The van der Waals surface area contributed by atoms with Gasteiger partial charge in [-0.15, -0.1) is 0 Å². The number of rotatable bonds is 3. The second-order valence-electron chi connectivity index (χ2n) is 4.52. The zero-order chi connectivity index (χ0) is 11.4. The van der Waals surface area contributed by atoms with Crippen molar-refractivity contribution in [1.82, 2.24) is 9.88 Å². The molecule has 0 bridgehead atoms. The van der Waals surface area contributed by atoms with Crippen molar-refractivity contribution in [2.24, 2.45) is 5.92 Å². The third kappa shape index (κ3) is 3.35. The summed E-state index contributed by atoms with van der Waals surface area (Å²) in [7, 11) is 2.19. The fourth-order valence-corrected chi connectivity index (χ4v) is 2.39. The monoisotopic (exact) mass is 239 g/mol. The van der Waals surface area contributed by atoms with Crippen LogP contribution in [0.5, 0.6) is 0 Å². The predicted molar refractivity (Wildman–Crippen MR) is 68.0 cm³/mol. The lowest BCUT2D eigenvalue weighted by molar-refractivity contribution is 0.217. The number of halogens is 1. The molecule has 1 aliphatic rings. The maximum absolute atomic E-state index is 5.83. The van der Waals surface area contributed by atoms with Gasteiger partial charge in [-0.1, -0.05) is 11.6 Å². The molecule has 0 radical (unpaired) electrons. The number of nitrogens with one attached hydrogen (secondary N) is 1. The molecule has 1 atom stereocenters. The Morgan fingerprint density at radius 1 is 1.62 bits per heavy atom. The van der Waals surface area contributed by atoms with Crippen LogP contribution in [0.4, 0.5) is 5.69 Å². The minimum Gasteiger partial charge on any atom is -0.385 e. The van der Waals surface area contributed by atoms with Crippen LogP contribution in [0.25, 0.3) is 0 Å². The fraction of sp³-hybridized carbons (Fsp3) is 0.583. The Bertz CT molecular complexity index is 343. The largest absolute Gasteiger partial charge is 0.385 e. The molecule has 88 valence electrons. The molecular weight excluding hydrogens is 222 g/mol. The normalized spacial score (nSPS) is 22.0. The van der Waals surface area contributed by atoms with Gasteiger partial charge in [0, 0.05) is 25.0 Å². The van der Waals surface area contributed by atoms with E-state index in [1.807, 2.05) is 12.1 Å². The summed E-state index contributed by atoms with van der Waals surface area (Å²) >= 11 is 5.83. The molecule has 1 unspecified atom stereocenters. The number of pyridine rings is 1. The first-order valence-corrected chi connectivity index (χ1v) is 6.16. The molecule has 16 heavy (non-hydrogen) atoms. The topological polar surface area (TPSA) is 28.2 Å². The summed E-state index contributed by atoms with van der Waals surface area (Å²) in [6.07, 6.45) is 4.35. The molecular formula is C12H18ClN3. The number of hydrogen-bond acceptors (Lipinski definition) is 3. The standard InChI is InChI=1S/C12H18ClN3/c1-16-6-2-3-10(9-16)8-15-11-4-5-14-12(13)7-11/h4-5,7,10H,2-3,6,8-9H2,1H3,(H,14,15). The van der Waals surface area contributed by atoms with Gasteiger partial charge in [-0.25, -0.2) is 4.98 Å². The number of anilines is 1. The Labute approximate surface area is 102 Å².